The average molecular weight is 257 g/mol. The van der Waals surface area contributed by atoms with Crippen LogP contribution in [0.25, 0.3) is 0 Å². The van der Waals surface area contributed by atoms with Crippen molar-refractivity contribution in [2.24, 2.45) is 11.7 Å². The number of aromatic hydroxyl groups is 1. The van der Waals surface area contributed by atoms with Gasteiger partial charge >= 0.3 is 0 Å². The third-order valence-electron chi connectivity index (χ3n) is 2.98. The quantitative estimate of drug-likeness (QED) is 0.707. The first-order chi connectivity index (χ1) is 7.65. The Morgan fingerprint density at radius 1 is 1.29 bits per heavy atom. The van der Waals surface area contributed by atoms with Gasteiger partial charge in [0.2, 0.25) is 5.91 Å². The second kappa shape index (κ2) is 5.89. The van der Waals surface area contributed by atoms with Gasteiger partial charge in [-0.15, -0.1) is 12.4 Å². The number of halogens is 1. The Bertz CT molecular complexity index is 381. The first-order valence-corrected chi connectivity index (χ1v) is 5.50. The maximum Gasteiger partial charge on any atom is 0.227 e. The van der Waals surface area contributed by atoms with Crippen molar-refractivity contribution in [2.75, 3.05) is 5.32 Å². The van der Waals surface area contributed by atoms with Crippen molar-refractivity contribution in [3.05, 3.63) is 24.3 Å². The standard InChI is InChI=1S/C12H16N2O2.ClH/c13-9-2-1-8(7-9)12(16)14-10-3-5-11(15)6-4-10;/h3-6,8-9,15H,1-2,7,13H2,(H,14,16);1H. The van der Waals surface area contributed by atoms with Crippen LogP contribution in [0.4, 0.5) is 5.69 Å². The van der Waals surface area contributed by atoms with Crippen molar-refractivity contribution in [2.45, 2.75) is 25.3 Å². The van der Waals surface area contributed by atoms with Crippen molar-refractivity contribution >= 4 is 24.0 Å². The van der Waals surface area contributed by atoms with Crippen LogP contribution in [0.1, 0.15) is 19.3 Å². The molecule has 1 aromatic rings. The Kier molecular flexibility index (Phi) is 4.78. The summed E-state index contributed by atoms with van der Waals surface area (Å²) in [6.07, 6.45) is 2.56. The summed E-state index contributed by atoms with van der Waals surface area (Å²) < 4.78 is 0. The lowest BCUT2D eigenvalue weighted by molar-refractivity contribution is -0.119. The molecule has 1 aliphatic carbocycles. The molecule has 0 heterocycles. The van der Waals surface area contributed by atoms with Gasteiger partial charge in [0.1, 0.15) is 5.75 Å². The highest BCUT2D eigenvalue weighted by Gasteiger charge is 2.27. The van der Waals surface area contributed by atoms with E-state index >= 15 is 0 Å². The number of carbonyl (C=O) groups is 1. The Labute approximate surface area is 107 Å². The maximum atomic E-state index is 11.8. The number of carbonyl (C=O) groups excluding carboxylic acids is 1. The molecular formula is C12H17ClN2O2. The molecule has 1 aliphatic rings. The number of phenols is 1. The SMILES string of the molecule is Cl.NC1CCC(C(=O)Nc2ccc(O)cc2)C1. The first-order valence-electron chi connectivity index (χ1n) is 5.50. The molecule has 0 aromatic heterocycles. The normalized spacial score (nSPS) is 22.9. The van der Waals surface area contributed by atoms with Gasteiger partial charge in [0.05, 0.1) is 0 Å². The lowest BCUT2D eigenvalue weighted by atomic mass is 10.1. The fourth-order valence-corrected chi connectivity index (χ4v) is 2.04. The van der Waals surface area contributed by atoms with Crippen molar-refractivity contribution in [1.82, 2.24) is 0 Å². The summed E-state index contributed by atoms with van der Waals surface area (Å²) in [5.74, 6) is 0.253. The highest BCUT2D eigenvalue weighted by Crippen LogP contribution is 2.25. The molecule has 17 heavy (non-hydrogen) atoms. The number of rotatable bonds is 2. The van der Waals surface area contributed by atoms with E-state index in [-0.39, 0.29) is 36.0 Å². The minimum atomic E-state index is 0. The third kappa shape index (κ3) is 3.61. The van der Waals surface area contributed by atoms with E-state index in [1.165, 1.54) is 0 Å². The summed E-state index contributed by atoms with van der Waals surface area (Å²) >= 11 is 0. The number of hydrogen-bond donors (Lipinski definition) is 3. The molecule has 94 valence electrons. The summed E-state index contributed by atoms with van der Waals surface area (Å²) in [4.78, 5) is 11.8. The number of nitrogens with two attached hydrogens (primary N) is 1. The number of amides is 1. The molecule has 0 aliphatic heterocycles. The molecule has 1 fully saturated rings. The molecule has 0 spiro atoms. The lowest BCUT2D eigenvalue weighted by Gasteiger charge is -2.10. The Morgan fingerprint density at radius 2 is 1.94 bits per heavy atom. The molecule has 1 saturated carbocycles. The molecule has 0 saturated heterocycles. The van der Waals surface area contributed by atoms with Gasteiger partial charge in [-0.1, -0.05) is 0 Å². The third-order valence-corrected chi connectivity index (χ3v) is 2.98. The van der Waals surface area contributed by atoms with Gasteiger partial charge in [-0.3, -0.25) is 4.79 Å². The molecule has 2 rings (SSSR count). The van der Waals surface area contributed by atoms with E-state index in [4.69, 9.17) is 10.8 Å². The Hall–Kier alpha value is -1.26. The molecule has 0 bridgehead atoms. The second-order valence-corrected chi connectivity index (χ2v) is 4.31. The molecule has 2 unspecified atom stereocenters. The van der Waals surface area contributed by atoms with E-state index in [9.17, 15) is 4.79 Å². The first kappa shape index (κ1) is 13.8. The van der Waals surface area contributed by atoms with Crippen LogP contribution in [-0.4, -0.2) is 17.1 Å². The van der Waals surface area contributed by atoms with E-state index in [2.05, 4.69) is 5.32 Å². The molecular weight excluding hydrogens is 240 g/mol. The predicted molar refractivity (Wildman–Crippen MR) is 69.3 cm³/mol. The van der Waals surface area contributed by atoms with Crippen LogP contribution >= 0.6 is 12.4 Å². The fourth-order valence-electron chi connectivity index (χ4n) is 2.04. The lowest BCUT2D eigenvalue weighted by Crippen LogP contribution is -2.23. The second-order valence-electron chi connectivity index (χ2n) is 4.31. The van der Waals surface area contributed by atoms with Crippen LogP contribution in [0.15, 0.2) is 24.3 Å². The summed E-state index contributed by atoms with van der Waals surface area (Å²) in [6.45, 7) is 0. The van der Waals surface area contributed by atoms with Gasteiger partial charge in [-0.2, -0.15) is 0 Å². The highest BCUT2D eigenvalue weighted by atomic mass is 35.5. The zero-order valence-corrected chi connectivity index (χ0v) is 10.2. The van der Waals surface area contributed by atoms with Gasteiger partial charge in [-0.05, 0) is 43.5 Å². The van der Waals surface area contributed by atoms with Crippen LogP contribution < -0.4 is 11.1 Å². The van der Waals surface area contributed by atoms with E-state index in [1.807, 2.05) is 0 Å². The van der Waals surface area contributed by atoms with E-state index in [1.54, 1.807) is 24.3 Å². The highest BCUT2D eigenvalue weighted by molar-refractivity contribution is 5.92. The fraction of sp³-hybridized carbons (Fsp3) is 0.417. The van der Waals surface area contributed by atoms with Gasteiger partial charge < -0.3 is 16.2 Å². The molecule has 0 radical (unpaired) electrons. The summed E-state index contributed by atoms with van der Waals surface area (Å²) in [5.41, 5.74) is 6.47. The number of phenolic OH excluding ortho intramolecular Hbond substituents is 1. The van der Waals surface area contributed by atoms with Crippen molar-refractivity contribution in [3.63, 3.8) is 0 Å². The molecule has 1 aromatic carbocycles. The Morgan fingerprint density at radius 3 is 2.47 bits per heavy atom. The molecule has 5 heteroatoms. The summed E-state index contributed by atoms with van der Waals surface area (Å²) in [5, 5.41) is 11.9. The largest absolute Gasteiger partial charge is 0.508 e. The van der Waals surface area contributed by atoms with Crippen LogP contribution in [0.5, 0.6) is 5.75 Å². The molecule has 4 N–H and O–H groups in total. The van der Waals surface area contributed by atoms with Crippen molar-refractivity contribution in [1.29, 1.82) is 0 Å². The minimum Gasteiger partial charge on any atom is -0.508 e. The Balaban J connectivity index is 0.00000144. The number of anilines is 1. The van der Waals surface area contributed by atoms with Crippen molar-refractivity contribution < 1.29 is 9.90 Å². The van der Waals surface area contributed by atoms with Crippen molar-refractivity contribution in [3.8, 4) is 5.75 Å². The number of benzene rings is 1. The molecule has 2 atom stereocenters. The zero-order valence-electron chi connectivity index (χ0n) is 9.43. The van der Waals surface area contributed by atoms with Crippen LogP contribution in [0.3, 0.4) is 0 Å². The monoisotopic (exact) mass is 256 g/mol. The van der Waals surface area contributed by atoms with Crippen LogP contribution in [-0.2, 0) is 4.79 Å². The average Bonchev–Trinajstić information content (AvgIpc) is 2.68. The smallest absolute Gasteiger partial charge is 0.227 e. The van der Waals surface area contributed by atoms with Gasteiger partial charge in [-0.25, -0.2) is 0 Å². The topological polar surface area (TPSA) is 75.4 Å². The van der Waals surface area contributed by atoms with E-state index < -0.39 is 0 Å². The van der Waals surface area contributed by atoms with E-state index in [0.29, 0.717) is 5.69 Å². The predicted octanol–water partition coefficient (Wildman–Crippen LogP) is 1.88. The summed E-state index contributed by atoms with van der Waals surface area (Å²) in [7, 11) is 0. The van der Waals surface area contributed by atoms with Crippen LogP contribution in [0, 0.1) is 5.92 Å². The maximum absolute atomic E-state index is 11.8. The zero-order chi connectivity index (χ0) is 11.5. The van der Waals surface area contributed by atoms with Gasteiger partial charge in [0, 0.05) is 17.6 Å². The minimum absolute atomic E-state index is 0. The number of nitrogens with one attached hydrogen (secondary N) is 1. The van der Waals surface area contributed by atoms with Gasteiger partial charge in [0.15, 0.2) is 0 Å². The number of hydrogen-bond acceptors (Lipinski definition) is 3. The van der Waals surface area contributed by atoms with Gasteiger partial charge in [0.25, 0.3) is 0 Å². The van der Waals surface area contributed by atoms with E-state index in [0.717, 1.165) is 19.3 Å². The van der Waals surface area contributed by atoms with Crippen LogP contribution in [0.2, 0.25) is 0 Å². The summed E-state index contributed by atoms with van der Waals surface area (Å²) in [6, 6.07) is 6.63. The molecule has 4 nitrogen and oxygen atoms in total. The molecule has 1 amide bonds.